The Bertz CT molecular complexity index is 788. The zero-order chi connectivity index (χ0) is 18.5. The summed E-state index contributed by atoms with van der Waals surface area (Å²) < 4.78 is 10.5. The molecule has 0 radical (unpaired) electrons. The third kappa shape index (κ3) is 3.87. The summed E-state index contributed by atoms with van der Waals surface area (Å²) >= 11 is 0. The van der Waals surface area contributed by atoms with Crippen LogP contribution in [0.25, 0.3) is 0 Å². The van der Waals surface area contributed by atoms with Gasteiger partial charge in [0.1, 0.15) is 0 Å². The van der Waals surface area contributed by atoms with Crippen molar-refractivity contribution in [2.45, 2.75) is 26.2 Å². The van der Waals surface area contributed by atoms with Gasteiger partial charge in [0.25, 0.3) is 5.91 Å². The molecule has 0 saturated carbocycles. The van der Waals surface area contributed by atoms with Crippen molar-refractivity contribution in [2.75, 3.05) is 37.5 Å². The predicted octanol–water partition coefficient (Wildman–Crippen LogP) is 3.04. The number of methoxy groups -OCH3 is 2. The molecule has 1 aliphatic heterocycles. The number of carbonyl (C=O) groups excluding carboxylic acids is 1. The van der Waals surface area contributed by atoms with Gasteiger partial charge < -0.3 is 19.7 Å². The van der Waals surface area contributed by atoms with Gasteiger partial charge in [-0.15, -0.1) is 0 Å². The molecule has 1 N–H and O–H groups in total. The molecule has 138 valence electrons. The monoisotopic (exact) mass is 356 g/mol. The van der Waals surface area contributed by atoms with E-state index in [0.29, 0.717) is 34.4 Å². The van der Waals surface area contributed by atoms with Crippen molar-refractivity contribution in [1.82, 2.24) is 9.97 Å². The molecule has 26 heavy (non-hydrogen) atoms. The third-order valence-corrected chi connectivity index (χ3v) is 4.49. The van der Waals surface area contributed by atoms with Crippen LogP contribution in [0.5, 0.6) is 11.5 Å². The van der Waals surface area contributed by atoms with Gasteiger partial charge in [0, 0.05) is 31.0 Å². The molecule has 1 aromatic heterocycles. The minimum Gasteiger partial charge on any atom is -0.493 e. The van der Waals surface area contributed by atoms with Crippen molar-refractivity contribution in [1.29, 1.82) is 0 Å². The summed E-state index contributed by atoms with van der Waals surface area (Å²) in [4.78, 5) is 23.7. The topological polar surface area (TPSA) is 76.6 Å². The Balaban J connectivity index is 1.75. The molecule has 2 aromatic rings. The number of carbonyl (C=O) groups is 1. The van der Waals surface area contributed by atoms with E-state index in [1.807, 2.05) is 6.92 Å². The van der Waals surface area contributed by atoms with Crippen molar-refractivity contribution >= 4 is 17.5 Å². The number of aromatic nitrogens is 2. The minimum absolute atomic E-state index is 0.250. The lowest BCUT2D eigenvalue weighted by atomic mass is 10.1. The highest BCUT2D eigenvalue weighted by Gasteiger charge is 2.17. The van der Waals surface area contributed by atoms with E-state index in [-0.39, 0.29) is 5.91 Å². The largest absolute Gasteiger partial charge is 0.493 e. The van der Waals surface area contributed by atoms with Gasteiger partial charge in [0.05, 0.1) is 25.5 Å². The normalized spacial score (nSPS) is 14.0. The first-order chi connectivity index (χ1) is 12.6. The maximum Gasteiger partial charge on any atom is 0.259 e. The molecule has 1 amide bonds. The number of hydrogen-bond donors (Lipinski definition) is 1. The lowest BCUT2D eigenvalue weighted by Crippen LogP contribution is -2.31. The second kappa shape index (κ2) is 8.03. The fourth-order valence-corrected chi connectivity index (χ4v) is 3.04. The maximum absolute atomic E-state index is 12.6. The van der Waals surface area contributed by atoms with E-state index in [1.165, 1.54) is 6.42 Å². The number of benzene rings is 1. The molecule has 0 spiro atoms. The summed E-state index contributed by atoms with van der Waals surface area (Å²) in [5.74, 6) is 1.61. The van der Waals surface area contributed by atoms with Crippen LogP contribution in [-0.4, -0.2) is 43.2 Å². The summed E-state index contributed by atoms with van der Waals surface area (Å²) in [6.07, 6.45) is 5.16. The first-order valence-electron chi connectivity index (χ1n) is 8.74. The van der Waals surface area contributed by atoms with Crippen molar-refractivity contribution in [3.8, 4) is 11.5 Å². The Hall–Kier alpha value is -2.83. The van der Waals surface area contributed by atoms with Gasteiger partial charge in [-0.05, 0) is 38.3 Å². The Morgan fingerprint density at radius 1 is 1.12 bits per heavy atom. The van der Waals surface area contributed by atoms with Gasteiger partial charge in [-0.3, -0.25) is 4.79 Å². The summed E-state index contributed by atoms with van der Waals surface area (Å²) in [5.41, 5.74) is 1.74. The van der Waals surface area contributed by atoms with Gasteiger partial charge in [0.2, 0.25) is 5.95 Å². The molecule has 2 heterocycles. The predicted molar refractivity (Wildman–Crippen MR) is 100 cm³/mol. The zero-order valence-electron chi connectivity index (χ0n) is 15.4. The van der Waals surface area contributed by atoms with Crippen molar-refractivity contribution in [3.63, 3.8) is 0 Å². The molecule has 1 saturated heterocycles. The van der Waals surface area contributed by atoms with E-state index >= 15 is 0 Å². The smallest absolute Gasteiger partial charge is 0.259 e. The van der Waals surface area contributed by atoms with Gasteiger partial charge >= 0.3 is 0 Å². The van der Waals surface area contributed by atoms with Crippen LogP contribution in [-0.2, 0) is 0 Å². The average Bonchev–Trinajstić information content (AvgIpc) is 2.68. The Kier molecular flexibility index (Phi) is 5.55. The standard InChI is InChI=1S/C19H24N4O3/c1-13-15(12-20-19(21-13)23-9-5-4-6-10-23)18(24)22-14-7-8-16(25-2)17(11-14)26-3/h7-8,11-12H,4-6,9-10H2,1-3H3,(H,22,24). The molecule has 7 heteroatoms. The number of hydrogen-bond acceptors (Lipinski definition) is 6. The molecular weight excluding hydrogens is 332 g/mol. The molecule has 1 aliphatic rings. The van der Waals surface area contributed by atoms with Gasteiger partial charge in [-0.25, -0.2) is 9.97 Å². The van der Waals surface area contributed by atoms with Gasteiger partial charge in [0.15, 0.2) is 11.5 Å². The van der Waals surface area contributed by atoms with Crippen molar-refractivity contribution in [3.05, 3.63) is 35.7 Å². The van der Waals surface area contributed by atoms with Gasteiger partial charge in [-0.2, -0.15) is 0 Å². The number of rotatable bonds is 5. The van der Waals surface area contributed by atoms with Crippen LogP contribution in [0.1, 0.15) is 35.3 Å². The Labute approximate surface area is 153 Å². The zero-order valence-corrected chi connectivity index (χ0v) is 15.4. The molecule has 0 atom stereocenters. The van der Waals surface area contributed by atoms with E-state index in [4.69, 9.17) is 9.47 Å². The summed E-state index contributed by atoms with van der Waals surface area (Å²) in [7, 11) is 3.13. The maximum atomic E-state index is 12.6. The summed E-state index contributed by atoms with van der Waals surface area (Å²) in [6.45, 7) is 3.77. The quantitative estimate of drug-likeness (QED) is 0.887. The molecular formula is C19H24N4O3. The Morgan fingerprint density at radius 2 is 1.85 bits per heavy atom. The van der Waals surface area contributed by atoms with Crippen LogP contribution in [0.2, 0.25) is 0 Å². The lowest BCUT2D eigenvalue weighted by Gasteiger charge is -2.26. The summed E-state index contributed by atoms with van der Waals surface area (Å²) in [6, 6.07) is 5.23. The fraction of sp³-hybridized carbons (Fsp3) is 0.421. The van der Waals surface area contributed by atoms with Crippen LogP contribution in [0.15, 0.2) is 24.4 Å². The van der Waals surface area contributed by atoms with Crippen molar-refractivity contribution < 1.29 is 14.3 Å². The number of ether oxygens (including phenoxy) is 2. The highest BCUT2D eigenvalue weighted by Crippen LogP contribution is 2.30. The SMILES string of the molecule is COc1ccc(NC(=O)c2cnc(N3CCCCC3)nc2C)cc1OC. The first kappa shape index (κ1) is 18.0. The third-order valence-electron chi connectivity index (χ3n) is 4.49. The number of aryl methyl sites for hydroxylation is 1. The van der Waals surface area contributed by atoms with Crippen molar-refractivity contribution in [2.24, 2.45) is 0 Å². The molecule has 1 aromatic carbocycles. The number of nitrogens with one attached hydrogen (secondary N) is 1. The molecule has 0 unspecified atom stereocenters. The molecule has 0 aliphatic carbocycles. The second-order valence-corrected chi connectivity index (χ2v) is 6.24. The molecule has 0 bridgehead atoms. The van der Waals surface area contributed by atoms with E-state index < -0.39 is 0 Å². The highest BCUT2D eigenvalue weighted by atomic mass is 16.5. The van der Waals surface area contributed by atoms with Crippen LogP contribution < -0.4 is 19.7 Å². The van der Waals surface area contributed by atoms with Crippen LogP contribution in [0.4, 0.5) is 11.6 Å². The van der Waals surface area contributed by atoms with E-state index in [1.54, 1.807) is 38.6 Å². The Morgan fingerprint density at radius 3 is 2.50 bits per heavy atom. The molecule has 3 rings (SSSR count). The number of nitrogens with zero attached hydrogens (tertiary/aromatic N) is 3. The van der Waals surface area contributed by atoms with Crippen LogP contribution >= 0.6 is 0 Å². The average molecular weight is 356 g/mol. The number of piperidine rings is 1. The second-order valence-electron chi connectivity index (χ2n) is 6.24. The molecule has 1 fully saturated rings. The number of anilines is 2. The van der Waals surface area contributed by atoms with Crippen LogP contribution in [0, 0.1) is 6.92 Å². The number of amides is 1. The lowest BCUT2D eigenvalue weighted by molar-refractivity contribution is 0.102. The van der Waals surface area contributed by atoms with E-state index in [2.05, 4.69) is 20.2 Å². The van der Waals surface area contributed by atoms with E-state index in [9.17, 15) is 4.79 Å². The highest BCUT2D eigenvalue weighted by molar-refractivity contribution is 6.05. The molecule has 7 nitrogen and oxygen atoms in total. The van der Waals surface area contributed by atoms with Crippen LogP contribution in [0.3, 0.4) is 0 Å². The fourth-order valence-electron chi connectivity index (χ4n) is 3.04. The minimum atomic E-state index is -0.250. The van der Waals surface area contributed by atoms with Gasteiger partial charge in [-0.1, -0.05) is 0 Å². The first-order valence-corrected chi connectivity index (χ1v) is 8.74. The van der Waals surface area contributed by atoms with E-state index in [0.717, 1.165) is 25.9 Å². The summed E-state index contributed by atoms with van der Waals surface area (Å²) in [5, 5.41) is 2.86.